The predicted molar refractivity (Wildman–Crippen MR) is 148 cm³/mol. The Labute approximate surface area is 228 Å². The summed E-state index contributed by atoms with van der Waals surface area (Å²) in [6, 6.07) is 14.3. The van der Waals surface area contributed by atoms with Crippen LogP contribution in [0.3, 0.4) is 0 Å². The third-order valence-corrected chi connectivity index (χ3v) is 8.03. The molecule has 1 saturated heterocycles. The molecule has 11 nitrogen and oxygen atoms in total. The van der Waals surface area contributed by atoms with Gasteiger partial charge in [0.15, 0.2) is 0 Å². The number of aromatic nitrogens is 3. The van der Waals surface area contributed by atoms with E-state index in [2.05, 4.69) is 14.9 Å². The molecular formula is C27H35N5O6S. The lowest BCUT2D eigenvalue weighted by Crippen LogP contribution is -2.46. The number of para-hydroxylation sites is 2. The van der Waals surface area contributed by atoms with Crippen LogP contribution < -0.4 is 20.9 Å². The molecule has 2 heterocycles. The molecule has 12 heteroatoms. The first-order valence-corrected chi connectivity index (χ1v) is 14.4. The summed E-state index contributed by atoms with van der Waals surface area (Å²) < 4.78 is 38.2. The Kier molecular flexibility index (Phi) is 9.54. The summed E-state index contributed by atoms with van der Waals surface area (Å²) in [6.07, 6.45) is 2.88. The predicted octanol–water partition coefficient (Wildman–Crippen LogP) is 1.64. The summed E-state index contributed by atoms with van der Waals surface area (Å²) in [5, 5.41) is 3.93. The second kappa shape index (κ2) is 13.0. The van der Waals surface area contributed by atoms with Gasteiger partial charge in [0.1, 0.15) is 25.2 Å². The first kappa shape index (κ1) is 28.5. The summed E-state index contributed by atoms with van der Waals surface area (Å²) in [5.74, 6) is 0.692. The molecule has 0 atom stereocenters. The number of anilines is 1. The van der Waals surface area contributed by atoms with Gasteiger partial charge in [-0.15, -0.1) is 0 Å². The van der Waals surface area contributed by atoms with Crippen molar-refractivity contribution in [3.63, 3.8) is 0 Å². The molecule has 3 aromatic rings. The molecule has 0 bridgehead atoms. The monoisotopic (exact) mass is 557 g/mol. The van der Waals surface area contributed by atoms with Gasteiger partial charge in [0.05, 0.1) is 10.6 Å². The van der Waals surface area contributed by atoms with E-state index in [0.717, 1.165) is 61.4 Å². The van der Waals surface area contributed by atoms with E-state index in [0.29, 0.717) is 12.3 Å². The van der Waals surface area contributed by atoms with E-state index in [4.69, 9.17) is 8.92 Å². The van der Waals surface area contributed by atoms with Gasteiger partial charge in [0.2, 0.25) is 0 Å². The van der Waals surface area contributed by atoms with Crippen LogP contribution in [0.15, 0.2) is 69.2 Å². The van der Waals surface area contributed by atoms with Gasteiger partial charge < -0.3 is 9.64 Å². The second-order valence-electron chi connectivity index (χ2n) is 9.49. The maximum absolute atomic E-state index is 12.4. The topological polar surface area (TPSA) is 116 Å². The number of unbranched alkanes of at least 4 members (excludes halogenated alkanes) is 1. The zero-order valence-corrected chi connectivity index (χ0v) is 23.2. The third kappa shape index (κ3) is 7.55. The van der Waals surface area contributed by atoms with Gasteiger partial charge in [-0.1, -0.05) is 29.8 Å². The number of aryl methyl sites for hydroxylation is 2. The van der Waals surface area contributed by atoms with Crippen LogP contribution >= 0.6 is 0 Å². The lowest BCUT2D eigenvalue weighted by molar-refractivity contribution is 0.219. The molecule has 0 N–H and O–H groups in total. The first-order valence-electron chi connectivity index (χ1n) is 13.0. The van der Waals surface area contributed by atoms with Crippen LogP contribution in [0.1, 0.15) is 18.4 Å². The molecule has 1 aliphatic heterocycles. The van der Waals surface area contributed by atoms with E-state index in [-0.39, 0.29) is 18.1 Å². The lowest BCUT2D eigenvalue weighted by atomic mass is 10.2. The standard InChI is InChI=1S/C27H35N5O6S/c1-22-9-11-23(12-10-22)39(35,36)38-20-19-37-25-8-4-3-7-24(25)31-17-15-30(16-18-31)13-5-6-14-32-27(34)29(2)26(33)21-28-32/h3-4,7-12,21H,5-6,13-20H2,1-2H3. The SMILES string of the molecule is Cc1ccc(S(=O)(=O)OCCOc2ccccc2N2CCN(CCCCn3ncc(=O)n(C)c3=O)CC2)cc1. The Hall–Kier alpha value is -3.48. The molecule has 0 saturated carbocycles. The Morgan fingerprint density at radius 1 is 0.897 bits per heavy atom. The van der Waals surface area contributed by atoms with Crippen molar-refractivity contribution >= 4 is 15.8 Å². The molecule has 2 aromatic carbocycles. The fourth-order valence-electron chi connectivity index (χ4n) is 4.39. The Morgan fingerprint density at radius 2 is 1.59 bits per heavy atom. The van der Waals surface area contributed by atoms with Gasteiger partial charge in [0, 0.05) is 39.8 Å². The minimum absolute atomic E-state index is 0.0841. The number of hydrogen-bond donors (Lipinski definition) is 0. The third-order valence-electron chi connectivity index (χ3n) is 6.71. The number of rotatable bonds is 12. The van der Waals surface area contributed by atoms with Gasteiger partial charge in [-0.05, 0) is 50.6 Å². The van der Waals surface area contributed by atoms with E-state index in [9.17, 15) is 18.0 Å². The van der Waals surface area contributed by atoms with Crippen molar-refractivity contribution in [2.75, 3.05) is 50.8 Å². The van der Waals surface area contributed by atoms with Crippen molar-refractivity contribution in [3.05, 3.63) is 81.1 Å². The van der Waals surface area contributed by atoms with Gasteiger partial charge in [0.25, 0.3) is 15.7 Å². The van der Waals surface area contributed by atoms with Crippen LogP contribution in [0.5, 0.6) is 5.75 Å². The van der Waals surface area contributed by atoms with E-state index < -0.39 is 21.4 Å². The second-order valence-corrected chi connectivity index (χ2v) is 11.1. The van der Waals surface area contributed by atoms with Crippen molar-refractivity contribution in [2.24, 2.45) is 7.05 Å². The zero-order chi connectivity index (χ0) is 27.8. The average molecular weight is 558 g/mol. The van der Waals surface area contributed by atoms with Crippen LogP contribution in [-0.2, 0) is 27.9 Å². The normalized spacial score (nSPS) is 14.5. The molecule has 39 heavy (non-hydrogen) atoms. The number of ether oxygens (including phenoxy) is 1. The quantitative estimate of drug-likeness (QED) is 0.242. The molecule has 0 aliphatic carbocycles. The molecule has 210 valence electrons. The number of piperazine rings is 1. The minimum Gasteiger partial charge on any atom is -0.489 e. The van der Waals surface area contributed by atoms with Crippen LogP contribution in [0, 0.1) is 6.92 Å². The van der Waals surface area contributed by atoms with E-state index in [1.54, 1.807) is 12.1 Å². The summed E-state index contributed by atoms with van der Waals surface area (Å²) in [6.45, 7) is 6.77. The van der Waals surface area contributed by atoms with Crippen molar-refractivity contribution in [2.45, 2.75) is 31.2 Å². The molecule has 4 rings (SSSR count). The van der Waals surface area contributed by atoms with E-state index >= 15 is 0 Å². The highest BCUT2D eigenvalue weighted by Crippen LogP contribution is 2.29. The molecule has 1 aliphatic rings. The smallest absolute Gasteiger partial charge is 0.347 e. The number of nitrogens with zero attached hydrogens (tertiary/aromatic N) is 5. The zero-order valence-electron chi connectivity index (χ0n) is 22.4. The van der Waals surface area contributed by atoms with Gasteiger partial charge in [-0.2, -0.15) is 13.5 Å². The van der Waals surface area contributed by atoms with Gasteiger partial charge in [-0.3, -0.25) is 18.4 Å². The number of hydrogen-bond acceptors (Lipinski definition) is 9. The molecule has 0 amide bonds. The van der Waals surface area contributed by atoms with Crippen LogP contribution in [0.2, 0.25) is 0 Å². The summed E-state index contributed by atoms with van der Waals surface area (Å²) in [4.78, 5) is 28.3. The van der Waals surface area contributed by atoms with Crippen molar-refractivity contribution in [3.8, 4) is 5.75 Å². The first-order chi connectivity index (χ1) is 18.7. The van der Waals surface area contributed by atoms with Crippen molar-refractivity contribution in [1.29, 1.82) is 0 Å². The minimum atomic E-state index is -3.83. The fraction of sp³-hybridized carbons (Fsp3) is 0.444. The summed E-state index contributed by atoms with van der Waals surface area (Å²) in [5.41, 5.74) is 1.15. The van der Waals surface area contributed by atoms with Crippen molar-refractivity contribution in [1.82, 2.24) is 19.2 Å². The van der Waals surface area contributed by atoms with Crippen LogP contribution in [-0.4, -0.2) is 73.6 Å². The van der Waals surface area contributed by atoms with Gasteiger partial charge >= 0.3 is 5.69 Å². The van der Waals surface area contributed by atoms with E-state index in [1.807, 2.05) is 31.2 Å². The summed E-state index contributed by atoms with van der Waals surface area (Å²) in [7, 11) is -2.37. The number of benzene rings is 2. The molecule has 0 unspecified atom stereocenters. The largest absolute Gasteiger partial charge is 0.489 e. The highest BCUT2D eigenvalue weighted by Gasteiger charge is 2.20. The van der Waals surface area contributed by atoms with E-state index in [1.165, 1.54) is 30.1 Å². The maximum atomic E-state index is 12.4. The Morgan fingerprint density at radius 3 is 2.33 bits per heavy atom. The highest BCUT2D eigenvalue weighted by molar-refractivity contribution is 7.86. The lowest BCUT2D eigenvalue weighted by Gasteiger charge is -2.36. The molecule has 1 fully saturated rings. The fourth-order valence-corrected chi connectivity index (χ4v) is 5.29. The molecular weight excluding hydrogens is 522 g/mol. The molecule has 0 spiro atoms. The molecule has 0 radical (unpaired) electrons. The van der Waals surface area contributed by atoms with Crippen LogP contribution in [0.4, 0.5) is 5.69 Å². The highest BCUT2D eigenvalue weighted by atomic mass is 32.2. The van der Waals surface area contributed by atoms with Crippen molar-refractivity contribution < 1.29 is 17.3 Å². The Balaban J connectivity index is 1.21. The van der Waals surface area contributed by atoms with Gasteiger partial charge in [-0.25, -0.2) is 9.48 Å². The molecule has 1 aromatic heterocycles. The van der Waals surface area contributed by atoms with Crippen LogP contribution in [0.25, 0.3) is 0 Å². The average Bonchev–Trinajstić information content (AvgIpc) is 2.94. The maximum Gasteiger partial charge on any atom is 0.347 e. The Bertz CT molecular complexity index is 1460. The summed E-state index contributed by atoms with van der Waals surface area (Å²) >= 11 is 0.